The van der Waals surface area contributed by atoms with E-state index in [-0.39, 0.29) is 23.8 Å². The van der Waals surface area contributed by atoms with Crippen molar-refractivity contribution in [2.45, 2.75) is 26.8 Å². The Labute approximate surface area is 176 Å². The molecule has 2 aliphatic rings. The number of aryl methyl sites for hydroxylation is 2. The van der Waals surface area contributed by atoms with E-state index in [4.69, 9.17) is 4.42 Å². The first-order valence-corrected chi connectivity index (χ1v) is 10.5. The number of hydrogen-bond acceptors (Lipinski definition) is 3. The van der Waals surface area contributed by atoms with Crippen molar-refractivity contribution in [2.24, 2.45) is 11.8 Å². The predicted octanol–water partition coefficient (Wildman–Crippen LogP) is 4.34. The molecule has 0 saturated carbocycles. The van der Waals surface area contributed by atoms with Crippen LogP contribution in [-0.2, 0) is 4.79 Å². The number of nitrogens with zero attached hydrogens (tertiary/aromatic N) is 2. The summed E-state index contributed by atoms with van der Waals surface area (Å²) in [6, 6.07) is 15.9. The molecule has 0 unspecified atom stereocenters. The molecule has 2 saturated heterocycles. The number of benzene rings is 2. The smallest absolute Gasteiger partial charge is 0.253 e. The van der Waals surface area contributed by atoms with Crippen LogP contribution in [-0.4, -0.2) is 41.2 Å². The fourth-order valence-corrected chi connectivity index (χ4v) is 5.34. The predicted molar refractivity (Wildman–Crippen MR) is 115 cm³/mol. The summed E-state index contributed by atoms with van der Waals surface area (Å²) in [4.78, 5) is 29.6. The summed E-state index contributed by atoms with van der Waals surface area (Å²) >= 11 is 0. The molecule has 3 aromatic rings. The number of rotatable bonds is 2. The molecule has 0 aliphatic carbocycles. The van der Waals surface area contributed by atoms with Crippen LogP contribution in [0.2, 0.25) is 0 Å². The summed E-state index contributed by atoms with van der Waals surface area (Å²) in [6.07, 6.45) is 0. The van der Waals surface area contributed by atoms with Crippen molar-refractivity contribution in [3.63, 3.8) is 0 Å². The molecule has 2 aliphatic heterocycles. The van der Waals surface area contributed by atoms with Gasteiger partial charge in [-0.2, -0.15) is 0 Å². The summed E-state index contributed by atoms with van der Waals surface area (Å²) in [5, 5.41) is 0.957. The van der Waals surface area contributed by atoms with E-state index in [9.17, 15) is 9.59 Å². The van der Waals surface area contributed by atoms with Gasteiger partial charge in [-0.25, -0.2) is 0 Å². The van der Waals surface area contributed by atoms with Crippen LogP contribution >= 0.6 is 0 Å². The van der Waals surface area contributed by atoms with Gasteiger partial charge in [-0.3, -0.25) is 9.59 Å². The summed E-state index contributed by atoms with van der Waals surface area (Å²) in [6.45, 7) is 7.74. The molecule has 5 nitrogen and oxygen atoms in total. The Morgan fingerprint density at radius 3 is 2.57 bits per heavy atom. The van der Waals surface area contributed by atoms with Crippen molar-refractivity contribution in [3.05, 3.63) is 71.0 Å². The van der Waals surface area contributed by atoms with Gasteiger partial charge >= 0.3 is 0 Å². The number of fused-ring (bicyclic) bond motifs is 2. The number of carbonyl (C=O) groups excluding carboxylic acids is 2. The number of likely N-dealkylation sites (tertiary alicyclic amines) is 2. The lowest BCUT2D eigenvalue weighted by Crippen LogP contribution is -2.36. The Hall–Kier alpha value is -3.08. The van der Waals surface area contributed by atoms with Gasteiger partial charge in [0.1, 0.15) is 11.3 Å². The molecule has 154 valence electrons. The van der Waals surface area contributed by atoms with Crippen molar-refractivity contribution >= 4 is 22.8 Å². The normalized spacial score (nSPS) is 23.2. The van der Waals surface area contributed by atoms with Gasteiger partial charge in [0.25, 0.3) is 5.91 Å². The minimum absolute atomic E-state index is 0.0329. The topological polar surface area (TPSA) is 53.8 Å². The fourth-order valence-electron chi connectivity index (χ4n) is 5.34. The maximum absolute atomic E-state index is 13.3. The van der Waals surface area contributed by atoms with Crippen molar-refractivity contribution in [3.8, 4) is 0 Å². The maximum Gasteiger partial charge on any atom is 0.253 e. The first-order chi connectivity index (χ1) is 14.4. The second-order valence-electron chi connectivity index (χ2n) is 8.72. The van der Waals surface area contributed by atoms with Crippen LogP contribution in [0.5, 0.6) is 0 Å². The Morgan fingerprint density at radius 1 is 1.00 bits per heavy atom. The lowest BCUT2D eigenvalue weighted by atomic mass is 9.87. The summed E-state index contributed by atoms with van der Waals surface area (Å²) < 4.78 is 5.63. The van der Waals surface area contributed by atoms with Crippen LogP contribution in [0.4, 0.5) is 0 Å². The molecule has 2 fully saturated rings. The van der Waals surface area contributed by atoms with E-state index in [1.54, 1.807) is 6.92 Å². The van der Waals surface area contributed by atoms with Crippen molar-refractivity contribution < 1.29 is 14.0 Å². The van der Waals surface area contributed by atoms with E-state index in [2.05, 4.69) is 19.1 Å². The summed E-state index contributed by atoms with van der Waals surface area (Å²) in [7, 11) is 0. The quantitative estimate of drug-likeness (QED) is 0.641. The minimum atomic E-state index is 0.0329. The second kappa shape index (κ2) is 7.01. The minimum Gasteiger partial charge on any atom is -0.461 e. The molecule has 5 rings (SSSR count). The van der Waals surface area contributed by atoms with Crippen LogP contribution in [0.3, 0.4) is 0 Å². The zero-order valence-electron chi connectivity index (χ0n) is 17.6. The molecule has 3 heterocycles. The van der Waals surface area contributed by atoms with Crippen LogP contribution in [0.25, 0.3) is 11.0 Å². The average Bonchev–Trinajstić information content (AvgIpc) is 3.38. The molecule has 2 amide bonds. The van der Waals surface area contributed by atoms with Gasteiger partial charge in [0, 0.05) is 49.3 Å². The van der Waals surface area contributed by atoms with Crippen LogP contribution in [0, 0.1) is 25.7 Å². The molecule has 1 aromatic heterocycles. The molecular formula is C25H26N2O3. The largest absolute Gasteiger partial charge is 0.461 e. The van der Waals surface area contributed by atoms with E-state index in [0.29, 0.717) is 31.1 Å². The van der Waals surface area contributed by atoms with Gasteiger partial charge in [-0.1, -0.05) is 24.3 Å². The monoisotopic (exact) mass is 402 g/mol. The zero-order chi connectivity index (χ0) is 21.0. The zero-order valence-corrected chi connectivity index (χ0v) is 17.6. The molecule has 5 heteroatoms. The Bertz CT molecular complexity index is 1150. The van der Waals surface area contributed by atoms with Crippen LogP contribution < -0.4 is 0 Å². The van der Waals surface area contributed by atoms with Gasteiger partial charge in [0.05, 0.1) is 6.04 Å². The molecule has 0 radical (unpaired) electrons. The van der Waals surface area contributed by atoms with Crippen LogP contribution in [0.1, 0.15) is 40.2 Å². The number of furan rings is 1. The first-order valence-electron chi connectivity index (χ1n) is 10.5. The lowest BCUT2D eigenvalue weighted by Gasteiger charge is -2.30. The van der Waals surface area contributed by atoms with Crippen LogP contribution in [0.15, 0.2) is 52.9 Å². The van der Waals surface area contributed by atoms with Crippen molar-refractivity contribution in [1.82, 2.24) is 9.80 Å². The highest BCUT2D eigenvalue weighted by molar-refractivity contribution is 5.98. The molecular weight excluding hydrogens is 376 g/mol. The van der Waals surface area contributed by atoms with E-state index in [1.165, 1.54) is 11.1 Å². The Morgan fingerprint density at radius 2 is 1.80 bits per heavy atom. The SMILES string of the molecule is CC(=O)N1C[C@H]2CN(C(=O)c3ccc4oc(C)cc4c3)C[C@H]2[C@@H]1c1ccccc1C. The Kier molecular flexibility index (Phi) is 4.42. The highest BCUT2D eigenvalue weighted by Crippen LogP contribution is 2.46. The maximum atomic E-state index is 13.3. The van der Waals surface area contributed by atoms with E-state index in [1.807, 2.05) is 53.1 Å². The molecule has 0 bridgehead atoms. The van der Waals surface area contributed by atoms with Gasteiger partial charge in [0.2, 0.25) is 5.91 Å². The average molecular weight is 402 g/mol. The van der Waals surface area contributed by atoms with E-state index in [0.717, 1.165) is 16.7 Å². The molecule has 3 atom stereocenters. The fraction of sp³-hybridized carbons (Fsp3) is 0.360. The van der Waals surface area contributed by atoms with Gasteiger partial charge in [-0.05, 0) is 49.2 Å². The molecule has 30 heavy (non-hydrogen) atoms. The van der Waals surface area contributed by atoms with Crippen molar-refractivity contribution in [1.29, 1.82) is 0 Å². The Balaban J connectivity index is 1.43. The number of carbonyl (C=O) groups is 2. The second-order valence-corrected chi connectivity index (χ2v) is 8.72. The third-order valence-electron chi connectivity index (χ3n) is 6.75. The molecule has 0 spiro atoms. The highest BCUT2D eigenvalue weighted by atomic mass is 16.3. The highest BCUT2D eigenvalue weighted by Gasteiger charge is 2.49. The summed E-state index contributed by atoms with van der Waals surface area (Å²) in [5.74, 6) is 1.58. The van der Waals surface area contributed by atoms with Gasteiger partial charge in [0.15, 0.2) is 0 Å². The van der Waals surface area contributed by atoms with E-state index >= 15 is 0 Å². The third kappa shape index (κ3) is 3.00. The van der Waals surface area contributed by atoms with E-state index < -0.39 is 0 Å². The number of hydrogen-bond donors (Lipinski definition) is 0. The lowest BCUT2D eigenvalue weighted by molar-refractivity contribution is -0.130. The standard InChI is InChI=1S/C25H26N2O3/c1-15-6-4-5-7-21(15)24-22-14-26(12-20(22)13-27(24)17(3)28)25(29)18-8-9-23-19(11-18)10-16(2)30-23/h4-11,20,22,24H,12-14H2,1-3H3/t20-,22-,24+/m1/s1. The first kappa shape index (κ1) is 18.9. The van der Waals surface area contributed by atoms with Crippen molar-refractivity contribution in [2.75, 3.05) is 19.6 Å². The number of amides is 2. The third-order valence-corrected chi connectivity index (χ3v) is 6.75. The molecule has 2 aromatic carbocycles. The summed E-state index contributed by atoms with van der Waals surface area (Å²) in [5.41, 5.74) is 3.89. The van der Waals surface area contributed by atoms with Gasteiger partial charge < -0.3 is 14.2 Å². The molecule has 0 N–H and O–H groups in total. The van der Waals surface area contributed by atoms with Gasteiger partial charge in [-0.15, -0.1) is 0 Å².